The fourth-order valence-electron chi connectivity index (χ4n) is 0.483. The van der Waals surface area contributed by atoms with Crippen molar-refractivity contribution in [2.45, 2.75) is 6.92 Å². The van der Waals surface area contributed by atoms with Gasteiger partial charge in [0.25, 0.3) is 0 Å². The first-order valence-corrected chi connectivity index (χ1v) is 2.33. The molecule has 1 aromatic rings. The Bertz CT molecular complexity index is 139. The largest absolute Gasteiger partial charge is 1.00 e. The Labute approximate surface area is 70.4 Å². The van der Waals surface area contributed by atoms with E-state index in [1.807, 2.05) is 31.2 Å². The van der Waals surface area contributed by atoms with E-state index in [4.69, 9.17) is 0 Å². The van der Waals surface area contributed by atoms with Crippen molar-refractivity contribution in [1.82, 2.24) is 0 Å². The average molecular weight is 109 g/mol. The molecule has 0 fully saturated rings. The molecule has 0 aliphatic carbocycles. The molecular weight excluding hydrogens is 102 g/mol. The summed E-state index contributed by atoms with van der Waals surface area (Å²) in [6.45, 7) is 2.03. The van der Waals surface area contributed by atoms with Crippen molar-refractivity contribution in [3.05, 3.63) is 35.9 Å². The summed E-state index contributed by atoms with van der Waals surface area (Å²) in [5.74, 6) is 0. The fourth-order valence-corrected chi connectivity index (χ4v) is 0.483. The number of aryl methyl sites for hydroxylation is 1. The third kappa shape index (κ3) is 4.39. The zero-order chi connectivity index (χ0) is 5.11. The smallest absolute Gasteiger partial charge is 0.181 e. The summed E-state index contributed by atoms with van der Waals surface area (Å²) in [5.41, 5.74) is 1.20. The van der Waals surface area contributed by atoms with E-state index in [2.05, 4.69) is 6.07 Å². The van der Waals surface area contributed by atoms with Crippen LogP contribution in [0, 0.1) is 13.0 Å². The first kappa shape index (κ1) is 11.7. The molecule has 0 aliphatic rings. The van der Waals surface area contributed by atoms with E-state index in [0.29, 0.717) is 0 Å². The van der Waals surface area contributed by atoms with Gasteiger partial charge in [0.05, 0.1) is 0 Å². The summed E-state index contributed by atoms with van der Waals surface area (Å²) in [4.78, 5) is 0. The Morgan fingerprint density at radius 2 is 2.00 bits per heavy atom. The molecule has 2 heteroatoms. The van der Waals surface area contributed by atoms with Gasteiger partial charge < -0.3 is 0 Å². The third-order valence-electron chi connectivity index (χ3n) is 0.865. The van der Waals surface area contributed by atoms with Crippen LogP contribution in [0.25, 0.3) is 0 Å². The molecule has 1 rings (SSSR count). The average Bonchev–Trinajstić information content (AvgIpc) is 1.69. The maximum Gasteiger partial charge on any atom is 1.00 e. The topological polar surface area (TPSA) is 0 Å². The first-order chi connectivity index (χ1) is 3.39. The molecule has 0 spiro atoms. The standard InChI is InChI=1S/C7H7.B.Li/c1-7-5-3-2-4-6-7;;/h2-5H,1H3;;/q-1;;+1. The molecule has 3 radical (unpaired) electrons. The van der Waals surface area contributed by atoms with E-state index < -0.39 is 0 Å². The van der Waals surface area contributed by atoms with Crippen LogP contribution in [0.5, 0.6) is 0 Å². The monoisotopic (exact) mass is 109 g/mol. The number of benzene rings is 1. The Balaban J connectivity index is 0. The van der Waals surface area contributed by atoms with Crippen LogP contribution in [0.15, 0.2) is 24.3 Å². The number of hydrogen-bond acceptors (Lipinski definition) is 0. The molecule has 0 aromatic heterocycles. The Hall–Kier alpha value is -0.118. The van der Waals surface area contributed by atoms with Crippen LogP contribution in [0.4, 0.5) is 0 Å². The molecule has 0 amide bonds. The van der Waals surface area contributed by atoms with Gasteiger partial charge in [-0.15, -0.1) is 0 Å². The van der Waals surface area contributed by atoms with Crippen molar-refractivity contribution >= 4 is 8.41 Å². The molecule has 1 aromatic carbocycles. The molecule has 0 unspecified atom stereocenters. The molecule has 0 nitrogen and oxygen atoms in total. The van der Waals surface area contributed by atoms with E-state index in [1.54, 1.807) is 0 Å². The maximum absolute atomic E-state index is 3.03. The minimum Gasteiger partial charge on any atom is -0.181 e. The third-order valence-corrected chi connectivity index (χ3v) is 0.865. The van der Waals surface area contributed by atoms with Crippen molar-refractivity contribution in [2.24, 2.45) is 0 Å². The van der Waals surface area contributed by atoms with Crippen LogP contribution < -0.4 is 18.9 Å². The predicted molar refractivity (Wildman–Crippen MR) is 35.8 cm³/mol. The van der Waals surface area contributed by atoms with Gasteiger partial charge in [-0.2, -0.15) is 35.9 Å². The molecule has 0 heterocycles. The molecule has 39 valence electrons. The van der Waals surface area contributed by atoms with Gasteiger partial charge in [0.2, 0.25) is 0 Å². The van der Waals surface area contributed by atoms with Crippen LogP contribution in [-0.4, -0.2) is 8.41 Å². The van der Waals surface area contributed by atoms with Gasteiger partial charge in [0.1, 0.15) is 0 Å². The van der Waals surface area contributed by atoms with Gasteiger partial charge in [-0.05, 0) is 0 Å². The second-order valence-corrected chi connectivity index (χ2v) is 1.55. The van der Waals surface area contributed by atoms with Gasteiger partial charge in [-0.3, -0.25) is 0 Å². The molecule has 0 saturated carbocycles. The fraction of sp³-hybridized carbons (Fsp3) is 0.143. The number of hydrogen-bond donors (Lipinski definition) is 0. The molecule has 0 aliphatic heterocycles. The molecule has 0 bridgehead atoms. The molecule has 0 saturated heterocycles. The van der Waals surface area contributed by atoms with E-state index in [1.165, 1.54) is 5.56 Å². The van der Waals surface area contributed by atoms with Crippen LogP contribution >= 0.6 is 0 Å². The van der Waals surface area contributed by atoms with Crippen molar-refractivity contribution in [3.63, 3.8) is 0 Å². The second-order valence-electron chi connectivity index (χ2n) is 1.55. The Kier molecular flexibility index (Phi) is 7.78. The first-order valence-electron chi connectivity index (χ1n) is 2.33. The van der Waals surface area contributed by atoms with Gasteiger partial charge >= 0.3 is 18.9 Å². The second kappa shape index (κ2) is 6.01. The minimum atomic E-state index is 0. The van der Waals surface area contributed by atoms with Crippen LogP contribution in [0.1, 0.15) is 5.56 Å². The summed E-state index contributed by atoms with van der Waals surface area (Å²) < 4.78 is 0. The summed E-state index contributed by atoms with van der Waals surface area (Å²) >= 11 is 0. The molecule has 9 heavy (non-hydrogen) atoms. The van der Waals surface area contributed by atoms with Gasteiger partial charge in [0.15, 0.2) is 0 Å². The Morgan fingerprint density at radius 1 is 1.33 bits per heavy atom. The molecule has 0 atom stereocenters. The SMILES string of the molecule is Cc1[c-]cccc1.[B].[Li+]. The summed E-state index contributed by atoms with van der Waals surface area (Å²) in [5, 5.41) is 0. The van der Waals surface area contributed by atoms with Gasteiger partial charge in [-0.1, -0.05) is 6.92 Å². The Morgan fingerprint density at radius 3 is 2.22 bits per heavy atom. The van der Waals surface area contributed by atoms with Crippen LogP contribution in [0.3, 0.4) is 0 Å². The van der Waals surface area contributed by atoms with E-state index in [-0.39, 0.29) is 27.3 Å². The zero-order valence-electron chi connectivity index (χ0n) is 5.89. The molecule has 0 N–H and O–H groups in total. The summed E-state index contributed by atoms with van der Waals surface area (Å²) in [6.07, 6.45) is 0. The normalized spacial score (nSPS) is 6.78. The van der Waals surface area contributed by atoms with Crippen LogP contribution in [-0.2, 0) is 0 Å². The quantitative estimate of drug-likeness (QED) is 0.278. The van der Waals surface area contributed by atoms with Crippen molar-refractivity contribution in [2.75, 3.05) is 0 Å². The van der Waals surface area contributed by atoms with E-state index >= 15 is 0 Å². The molecular formula is C7H7BLi. The summed E-state index contributed by atoms with van der Waals surface area (Å²) in [7, 11) is 0. The summed E-state index contributed by atoms with van der Waals surface area (Å²) in [6, 6.07) is 10.9. The van der Waals surface area contributed by atoms with Gasteiger partial charge in [-0.25, -0.2) is 0 Å². The van der Waals surface area contributed by atoms with Gasteiger partial charge in [0, 0.05) is 8.41 Å². The van der Waals surface area contributed by atoms with Crippen molar-refractivity contribution in [3.8, 4) is 0 Å². The van der Waals surface area contributed by atoms with Crippen LogP contribution in [0.2, 0.25) is 0 Å². The predicted octanol–water partition coefficient (Wildman–Crippen LogP) is -1.58. The van der Waals surface area contributed by atoms with E-state index in [9.17, 15) is 0 Å². The zero-order valence-corrected chi connectivity index (χ0v) is 5.89. The van der Waals surface area contributed by atoms with E-state index in [0.717, 1.165) is 0 Å². The minimum absolute atomic E-state index is 0. The number of rotatable bonds is 0. The van der Waals surface area contributed by atoms with Crippen molar-refractivity contribution in [1.29, 1.82) is 0 Å². The van der Waals surface area contributed by atoms with Crippen molar-refractivity contribution < 1.29 is 18.9 Å². The maximum atomic E-state index is 3.03.